The van der Waals surface area contributed by atoms with Crippen LogP contribution in [0.25, 0.3) is 0 Å². The van der Waals surface area contributed by atoms with Gasteiger partial charge in [0.1, 0.15) is 11.8 Å². The minimum Gasteiger partial charge on any atom is -0.374 e. The van der Waals surface area contributed by atoms with Gasteiger partial charge >= 0.3 is 0 Å². The Morgan fingerprint density at radius 3 is 3.14 bits per heavy atom. The summed E-state index contributed by atoms with van der Waals surface area (Å²) in [5.41, 5.74) is 0.711. The number of amides is 1. The summed E-state index contributed by atoms with van der Waals surface area (Å²) >= 11 is 0. The maximum atomic E-state index is 12.8. The molecule has 1 aromatic heterocycles. The van der Waals surface area contributed by atoms with Crippen LogP contribution in [0.2, 0.25) is 0 Å². The summed E-state index contributed by atoms with van der Waals surface area (Å²) < 4.78 is 13.6. The van der Waals surface area contributed by atoms with Gasteiger partial charge in [-0.05, 0) is 25.0 Å². The number of carbonyl (C=O) groups is 1. The van der Waals surface area contributed by atoms with E-state index in [1.807, 2.05) is 34.8 Å². The van der Waals surface area contributed by atoms with Crippen molar-refractivity contribution in [3.05, 3.63) is 36.7 Å². The molecule has 1 aliphatic heterocycles. The van der Waals surface area contributed by atoms with E-state index in [-0.39, 0.29) is 24.2 Å². The molecule has 1 aliphatic carbocycles. The first-order valence-electron chi connectivity index (χ1n) is 7.48. The predicted octanol–water partition coefficient (Wildman–Crippen LogP) is 1.60. The summed E-state index contributed by atoms with van der Waals surface area (Å²) in [6, 6.07) is 3.85. The zero-order valence-corrected chi connectivity index (χ0v) is 12.4. The number of rotatable bonds is 4. The van der Waals surface area contributed by atoms with Crippen LogP contribution in [0, 0.1) is 0 Å². The van der Waals surface area contributed by atoms with Gasteiger partial charge in [-0.2, -0.15) is 0 Å². The molecule has 5 nitrogen and oxygen atoms in total. The standard InChI is InChI=1S/C16H22N2O3/c1-3-10-21-15-12-6-7-14(15)20-11-9-18(12)16(19)13-5-4-8-17(13)2/h3-5,8,12,14-15H,1,6-7,9-11H2,2H3. The third-order valence-corrected chi connectivity index (χ3v) is 4.39. The number of hydrogen-bond acceptors (Lipinski definition) is 3. The lowest BCUT2D eigenvalue weighted by Crippen LogP contribution is -2.47. The van der Waals surface area contributed by atoms with E-state index in [9.17, 15) is 4.79 Å². The lowest BCUT2D eigenvalue weighted by atomic mass is 10.1. The Hall–Kier alpha value is -1.59. The number of fused-ring (bicyclic) bond motifs is 2. The summed E-state index contributed by atoms with van der Waals surface area (Å²) in [5, 5.41) is 0. The van der Waals surface area contributed by atoms with Crippen LogP contribution in [0.3, 0.4) is 0 Å². The molecule has 5 heteroatoms. The highest BCUT2D eigenvalue weighted by Gasteiger charge is 2.44. The van der Waals surface area contributed by atoms with Gasteiger partial charge in [-0.3, -0.25) is 4.79 Å². The van der Waals surface area contributed by atoms with Crippen molar-refractivity contribution in [3.63, 3.8) is 0 Å². The first kappa shape index (κ1) is 14.4. The van der Waals surface area contributed by atoms with Gasteiger partial charge in [-0.25, -0.2) is 0 Å². The van der Waals surface area contributed by atoms with Crippen molar-refractivity contribution in [2.24, 2.45) is 7.05 Å². The minimum absolute atomic E-state index is 0.0466. The molecule has 3 unspecified atom stereocenters. The minimum atomic E-state index is -0.0466. The number of carbonyl (C=O) groups excluding carboxylic acids is 1. The van der Waals surface area contributed by atoms with Crippen LogP contribution in [0.15, 0.2) is 31.0 Å². The highest BCUT2D eigenvalue weighted by atomic mass is 16.5. The Kier molecular flexibility index (Phi) is 4.12. The molecule has 2 fully saturated rings. The largest absolute Gasteiger partial charge is 0.374 e. The van der Waals surface area contributed by atoms with Gasteiger partial charge in [-0.1, -0.05) is 6.08 Å². The zero-order chi connectivity index (χ0) is 14.8. The molecule has 21 heavy (non-hydrogen) atoms. The number of ether oxygens (including phenoxy) is 2. The fraction of sp³-hybridized carbons (Fsp3) is 0.562. The maximum Gasteiger partial charge on any atom is 0.270 e. The van der Waals surface area contributed by atoms with E-state index in [0.717, 1.165) is 12.8 Å². The van der Waals surface area contributed by atoms with Crippen LogP contribution >= 0.6 is 0 Å². The van der Waals surface area contributed by atoms with Gasteiger partial charge in [0.15, 0.2) is 0 Å². The van der Waals surface area contributed by atoms with Crippen molar-refractivity contribution < 1.29 is 14.3 Å². The van der Waals surface area contributed by atoms with E-state index in [4.69, 9.17) is 9.47 Å². The van der Waals surface area contributed by atoms with Gasteiger partial charge in [0.2, 0.25) is 0 Å². The van der Waals surface area contributed by atoms with E-state index in [2.05, 4.69) is 6.58 Å². The molecule has 2 aliphatic rings. The Bertz CT molecular complexity index is 525. The highest BCUT2D eigenvalue weighted by Crippen LogP contribution is 2.32. The monoisotopic (exact) mass is 290 g/mol. The molecule has 3 atom stereocenters. The zero-order valence-electron chi connectivity index (χ0n) is 12.4. The predicted molar refractivity (Wildman–Crippen MR) is 79.1 cm³/mol. The van der Waals surface area contributed by atoms with Crippen molar-refractivity contribution >= 4 is 5.91 Å². The first-order chi connectivity index (χ1) is 10.2. The molecule has 1 saturated carbocycles. The second-order valence-corrected chi connectivity index (χ2v) is 5.64. The molecule has 2 heterocycles. The van der Waals surface area contributed by atoms with Crippen molar-refractivity contribution in [3.8, 4) is 0 Å². The summed E-state index contributed by atoms with van der Waals surface area (Å²) in [4.78, 5) is 14.7. The Labute approximate surface area is 125 Å². The number of hydrogen-bond donors (Lipinski definition) is 0. The Morgan fingerprint density at radius 2 is 2.43 bits per heavy atom. The van der Waals surface area contributed by atoms with Gasteiger partial charge in [0, 0.05) is 19.8 Å². The topological polar surface area (TPSA) is 43.7 Å². The quantitative estimate of drug-likeness (QED) is 0.791. The molecule has 3 rings (SSSR count). The molecule has 1 amide bonds. The van der Waals surface area contributed by atoms with Crippen LogP contribution < -0.4 is 0 Å². The first-order valence-corrected chi connectivity index (χ1v) is 7.48. The SMILES string of the molecule is C=CCOC1C2CCC1N(C(=O)c1cccn1C)CCO2. The Morgan fingerprint density at radius 1 is 1.57 bits per heavy atom. The molecule has 0 N–H and O–H groups in total. The molecule has 2 bridgehead atoms. The fourth-order valence-corrected chi connectivity index (χ4v) is 3.37. The number of nitrogens with zero attached hydrogens (tertiary/aromatic N) is 2. The summed E-state index contributed by atoms with van der Waals surface area (Å²) in [6.45, 7) is 5.39. The van der Waals surface area contributed by atoms with Crippen LogP contribution in [-0.2, 0) is 16.5 Å². The average Bonchev–Trinajstić information content (AvgIpc) is 3.00. The van der Waals surface area contributed by atoms with Crippen molar-refractivity contribution in [1.82, 2.24) is 9.47 Å². The molecule has 114 valence electrons. The molecule has 1 aromatic rings. The van der Waals surface area contributed by atoms with E-state index in [0.29, 0.717) is 25.5 Å². The normalized spacial score (nSPS) is 28.4. The van der Waals surface area contributed by atoms with Crippen molar-refractivity contribution in [2.75, 3.05) is 19.8 Å². The lowest BCUT2D eigenvalue weighted by Gasteiger charge is -2.31. The number of aromatic nitrogens is 1. The van der Waals surface area contributed by atoms with Gasteiger partial charge < -0.3 is 18.9 Å². The summed E-state index contributed by atoms with van der Waals surface area (Å²) in [5.74, 6) is 0.0610. The second kappa shape index (κ2) is 6.03. The summed E-state index contributed by atoms with van der Waals surface area (Å²) in [7, 11) is 1.89. The van der Waals surface area contributed by atoms with Crippen LogP contribution in [0.1, 0.15) is 23.3 Å². The smallest absolute Gasteiger partial charge is 0.270 e. The Balaban J connectivity index is 1.82. The molecule has 1 saturated heterocycles. The fourth-order valence-electron chi connectivity index (χ4n) is 3.37. The molecule has 0 radical (unpaired) electrons. The molecule has 0 aromatic carbocycles. The molecule has 0 spiro atoms. The van der Waals surface area contributed by atoms with Gasteiger partial charge in [0.25, 0.3) is 5.91 Å². The van der Waals surface area contributed by atoms with Crippen molar-refractivity contribution in [1.29, 1.82) is 0 Å². The van der Waals surface area contributed by atoms with E-state index in [1.165, 1.54) is 0 Å². The van der Waals surface area contributed by atoms with Gasteiger partial charge in [-0.15, -0.1) is 6.58 Å². The van der Waals surface area contributed by atoms with E-state index < -0.39 is 0 Å². The molecular formula is C16H22N2O3. The van der Waals surface area contributed by atoms with Crippen molar-refractivity contribution in [2.45, 2.75) is 31.1 Å². The van der Waals surface area contributed by atoms with Crippen LogP contribution in [0.5, 0.6) is 0 Å². The lowest BCUT2D eigenvalue weighted by molar-refractivity contribution is -0.0435. The van der Waals surface area contributed by atoms with Crippen LogP contribution in [-0.4, -0.2) is 53.4 Å². The third-order valence-electron chi connectivity index (χ3n) is 4.39. The van der Waals surface area contributed by atoms with Crippen LogP contribution in [0.4, 0.5) is 0 Å². The summed E-state index contributed by atoms with van der Waals surface area (Å²) in [6.07, 6.45) is 5.57. The highest BCUT2D eigenvalue weighted by molar-refractivity contribution is 5.93. The maximum absolute atomic E-state index is 12.8. The average molecular weight is 290 g/mol. The third kappa shape index (κ3) is 2.63. The molecular weight excluding hydrogens is 268 g/mol. The van der Waals surface area contributed by atoms with E-state index >= 15 is 0 Å². The second-order valence-electron chi connectivity index (χ2n) is 5.64. The van der Waals surface area contributed by atoms with E-state index in [1.54, 1.807) is 6.08 Å². The van der Waals surface area contributed by atoms with Gasteiger partial charge in [0.05, 0.1) is 25.4 Å². The number of aryl methyl sites for hydroxylation is 1.